The van der Waals surface area contributed by atoms with Crippen LogP contribution in [-0.2, 0) is 6.42 Å². The molecule has 0 unspecified atom stereocenters. The normalized spacial score (nSPS) is 23.3. The lowest BCUT2D eigenvalue weighted by atomic mass is 9.96. The lowest BCUT2D eigenvalue weighted by Gasteiger charge is -2.10. The van der Waals surface area contributed by atoms with Crippen LogP contribution in [0.5, 0.6) is 5.75 Å². The molecule has 124 valence electrons. The molecular formula is C19H24ClNO2. The van der Waals surface area contributed by atoms with Gasteiger partial charge in [0.05, 0.1) is 13.2 Å². The molecule has 0 saturated heterocycles. The molecule has 2 aromatic rings. The lowest BCUT2D eigenvalue weighted by Crippen LogP contribution is -2.28. The molecule has 0 aliphatic heterocycles. The van der Waals surface area contributed by atoms with Crippen LogP contribution in [0.2, 0.25) is 0 Å². The Hall–Kier alpha value is -1.55. The molecule has 0 heterocycles. The number of hydrogen-bond donors (Lipinski definition) is 2. The summed E-state index contributed by atoms with van der Waals surface area (Å²) in [6.07, 6.45) is 2.40. The predicted octanol–water partition coefficient (Wildman–Crippen LogP) is 3.42. The Kier molecular flexibility index (Phi) is 6.05. The fraction of sp³-hybridized carbons (Fsp3) is 0.368. The van der Waals surface area contributed by atoms with Crippen LogP contribution in [0.3, 0.4) is 0 Å². The third-order valence-electron chi connectivity index (χ3n) is 4.58. The van der Waals surface area contributed by atoms with Gasteiger partial charge in [0.1, 0.15) is 5.75 Å². The third kappa shape index (κ3) is 4.25. The molecule has 3 nitrogen and oxygen atoms in total. The summed E-state index contributed by atoms with van der Waals surface area (Å²) in [4.78, 5) is 0. The van der Waals surface area contributed by atoms with Crippen LogP contribution >= 0.6 is 12.4 Å². The number of methoxy groups -OCH3 is 1. The highest BCUT2D eigenvalue weighted by molar-refractivity contribution is 5.85. The summed E-state index contributed by atoms with van der Waals surface area (Å²) in [7, 11) is 1.68. The van der Waals surface area contributed by atoms with Gasteiger partial charge in [-0.05, 0) is 54.0 Å². The number of rotatable bonds is 4. The number of halogens is 1. The van der Waals surface area contributed by atoms with E-state index in [4.69, 9.17) is 10.5 Å². The highest BCUT2D eigenvalue weighted by atomic mass is 35.5. The van der Waals surface area contributed by atoms with E-state index in [-0.39, 0.29) is 24.6 Å². The van der Waals surface area contributed by atoms with Gasteiger partial charge in [-0.1, -0.05) is 36.4 Å². The molecule has 23 heavy (non-hydrogen) atoms. The number of ether oxygens (including phenoxy) is 1. The van der Waals surface area contributed by atoms with E-state index in [0.29, 0.717) is 5.92 Å². The molecule has 4 heteroatoms. The van der Waals surface area contributed by atoms with E-state index >= 15 is 0 Å². The zero-order chi connectivity index (χ0) is 15.5. The summed E-state index contributed by atoms with van der Waals surface area (Å²) in [6, 6.07) is 16.7. The van der Waals surface area contributed by atoms with Crippen molar-refractivity contribution >= 4 is 12.4 Å². The van der Waals surface area contributed by atoms with Crippen molar-refractivity contribution in [3.63, 3.8) is 0 Å². The maximum Gasteiger partial charge on any atom is 0.118 e. The number of nitrogens with two attached hydrogens (primary N) is 1. The number of aliphatic hydroxyl groups excluding tert-OH is 1. The minimum Gasteiger partial charge on any atom is -0.497 e. The maximum absolute atomic E-state index is 9.75. The lowest BCUT2D eigenvalue weighted by molar-refractivity contribution is 0.161. The van der Waals surface area contributed by atoms with E-state index in [0.717, 1.165) is 25.0 Å². The van der Waals surface area contributed by atoms with Crippen molar-refractivity contribution in [3.05, 3.63) is 54.1 Å². The summed E-state index contributed by atoms with van der Waals surface area (Å²) in [5.74, 6) is 1.37. The molecule has 0 radical (unpaired) electrons. The Labute approximate surface area is 143 Å². The van der Waals surface area contributed by atoms with Gasteiger partial charge in [-0.2, -0.15) is 0 Å². The van der Waals surface area contributed by atoms with Gasteiger partial charge in [0.25, 0.3) is 0 Å². The SMILES string of the molecule is COc1ccc(-c2ccc(C[C@H]3C[C@@H](N)[C@H](O)C3)cc2)cc1.Cl. The fourth-order valence-corrected chi connectivity index (χ4v) is 3.27. The topological polar surface area (TPSA) is 55.5 Å². The Balaban J connectivity index is 0.00000192. The Bertz CT molecular complexity index is 602. The Morgan fingerprint density at radius 1 is 1.00 bits per heavy atom. The van der Waals surface area contributed by atoms with Crippen molar-refractivity contribution in [1.82, 2.24) is 0 Å². The van der Waals surface area contributed by atoms with Gasteiger partial charge in [0.2, 0.25) is 0 Å². The molecule has 3 N–H and O–H groups in total. The molecule has 1 fully saturated rings. The first-order valence-electron chi connectivity index (χ1n) is 7.82. The van der Waals surface area contributed by atoms with Crippen LogP contribution in [0.1, 0.15) is 18.4 Å². The molecule has 1 saturated carbocycles. The summed E-state index contributed by atoms with van der Waals surface area (Å²) in [5.41, 5.74) is 9.58. The maximum atomic E-state index is 9.75. The van der Waals surface area contributed by atoms with Crippen molar-refractivity contribution in [2.75, 3.05) is 7.11 Å². The van der Waals surface area contributed by atoms with E-state index in [1.54, 1.807) is 7.11 Å². The van der Waals surface area contributed by atoms with Crippen LogP contribution in [0.4, 0.5) is 0 Å². The van der Waals surface area contributed by atoms with Crippen molar-refractivity contribution in [2.45, 2.75) is 31.4 Å². The number of hydrogen-bond acceptors (Lipinski definition) is 3. The first-order chi connectivity index (χ1) is 10.7. The van der Waals surface area contributed by atoms with E-state index in [1.807, 2.05) is 12.1 Å². The fourth-order valence-electron chi connectivity index (χ4n) is 3.27. The predicted molar refractivity (Wildman–Crippen MR) is 96.1 cm³/mol. The highest BCUT2D eigenvalue weighted by Gasteiger charge is 2.29. The van der Waals surface area contributed by atoms with Crippen LogP contribution in [0, 0.1) is 5.92 Å². The van der Waals surface area contributed by atoms with E-state index in [9.17, 15) is 5.11 Å². The molecule has 1 aliphatic carbocycles. The molecule has 0 aromatic heterocycles. The largest absolute Gasteiger partial charge is 0.497 e. The summed E-state index contributed by atoms with van der Waals surface area (Å²) < 4.78 is 5.19. The molecule has 1 aliphatic rings. The second-order valence-electron chi connectivity index (χ2n) is 6.20. The zero-order valence-corrected chi connectivity index (χ0v) is 14.1. The standard InChI is InChI=1S/C19H23NO2.ClH/c1-22-17-8-6-16(7-9-17)15-4-2-13(3-5-15)10-14-11-18(20)19(21)12-14;/h2-9,14,18-19,21H,10-12,20H2,1H3;1H/t14-,18+,19+;/m0./s1. The van der Waals surface area contributed by atoms with Gasteiger partial charge in [0.15, 0.2) is 0 Å². The molecule has 0 bridgehead atoms. The highest BCUT2D eigenvalue weighted by Crippen LogP contribution is 2.29. The second kappa shape index (κ2) is 7.82. The van der Waals surface area contributed by atoms with Gasteiger partial charge in [-0.15, -0.1) is 12.4 Å². The average molecular weight is 334 g/mol. The molecule has 0 amide bonds. The molecular weight excluding hydrogens is 310 g/mol. The Morgan fingerprint density at radius 3 is 2.04 bits per heavy atom. The van der Waals surface area contributed by atoms with Gasteiger partial charge in [0, 0.05) is 6.04 Å². The minimum atomic E-state index is -0.330. The summed E-state index contributed by atoms with van der Waals surface area (Å²) >= 11 is 0. The van der Waals surface area contributed by atoms with Crippen molar-refractivity contribution in [1.29, 1.82) is 0 Å². The molecule has 0 spiro atoms. The number of aliphatic hydroxyl groups is 1. The van der Waals surface area contributed by atoms with Gasteiger partial charge in [-0.3, -0.25) is 0 Å². The van der Waals surface area contributed by atoms with Crippen LogP contribution in [0.15, 0.2) is 48.5 Å². The summed E-state index contributed by atoms with van der Waals surface area (Å²) in [5, 5.41) is 9.75. The smallest absolute Gasteiger partial charge is 0.118 e. The Morgan fingerprint density at radius 2 is 1.57 bits per heavy atom. The monoisotopic (exact) mass is 333 g/mol. The third-order valence-corrected chi connectivity index (χ3v) is 4.58. The molecule has 2 aromatic carbocycles. The van der Waals surface area contributed by atoms with Crippen molar-refractivity contribution < 1.29 is 9.84 Å². The van der Waals surface area contributed by atoms with Gasteiger partial charge in [-0.25, -0.2) is 0 Å². The van der Waals surface area contributed by atoms with Crippen LogP contribution in [-0.4, -0.2) is 24.4 Å². The van der Waals surface area contributed by atoms with E-state index in [2.05, 4.69) is 36.4 Å². The van der Waals surface area contributed by atoms with E-state index < -0.39 is 0 Å². The second-order valence-corrected chi connectivity index (χ2v) is 6.20. The molecule has 3 atom stereocenters. The van der Waals surface area contributed by atoms with Crippen LogP contribution < -0.4 is 10.5 Å². The average Bonchev–Trinajstić information content (AvgIpc) is 2.86. The van der Waals surface area contributed by atoms with Crippen LogP contribution in [0.25, 0.3) is 11.1 Å². The summed E-state index contributed by atoms with van der Waals surface area (Å²) in [6.45, 7) is 0. The quantitative estimate of drug-likeness (QED) is 0.901. The zero-order valence-electron chi connectivity index (χ0n) is 13.3. The molecule has 3 rings (SSSR count). The van der Waals surface area contributed by atoms with Crippen molar-refractivity contribution in [3.8, 4) is 16.9 Å². The van der Waals surface area contributed by atoms with Gasteiger partial charge < -0.3 is 15.6 Å². The van der Waals surface area contributed by atoms with E-state index in [1.165, 1.54) is 16.7 Å². The van der Waals surface area contributed by atoms with Gasteiger partial charge >= 0.3 is 0 Å². The number of benzene rings is 2. The first-order valence-corrected chi connectivity index (χ1v) is 7.82. The minimum absolute atomic E-state index is 0. The first kappa shape index (κ1) is 17.8. The van der Waals surface area contributed by atoms with Crippen molar-refractivity contribution in [2.24, 2.45) is 11.7 Å².